The number of nitrogens with zero attached hydrogens (tertiary/aromatic N) is 2. The Hall–Kier alpha value is -2.87. The van der Waals surface area contributed by atoms with Crippen molar-refractivity contribution >= 4 is 27.3 Å². The van der Waals surface area contributed by atoms with Crippen LogP contribution in [0.5, 0.6) is 11.5 Å². The van der Waals surface area contributed by atoms with E-state index in [-0.39, 0.29) is 0 Å². The molecule has 1 atom stereocenters. The Morgan fingerprint density at radius 1 is 1.04 bits per heavy atom. The van der Waals surface area contributed by atoms with Gasteiger partial charge in [-0.25, -0.2) is 13.8 Å². The zero-order chi connectivity index (χ0) is 20.0. The fourth-order valence-electron chi connectivity index (χ4n) is 2.35. The second-order valence-corrected chi connectivity index (χ2v) is 8.04. The van der Waals surface area contributed by atoms with E-state index in [4.69, 9.17) is 4.74 Å². The number of benzene rings is 2. The number of anilines is 1. The number of nitrogens with one attached hydrogen (secondary N) is 1. The summed E-state index contributed by atoms with van der Waals surface area (Å²) >= 11 is 0. The minimum absolute atomic E-state index is 0.359. The van der Waals surface area contributed by atoms with Crippen molar-refractivity contribution in [3.05, 3.63) is 54.6 Å². The first-order chi connectivity index (χ1) is 12.7. The summed E-state index contributed by atoms with van der Waals surface area (Å²) in [5.41, 5.74) is 3.38. The minimum atomic E-state index is -3.69. The van der Waals surface area contributed by atoms with E-state index in [0.29, 0.717) is 22.9 Å². The van der Waals surface area contributed by atoms with Gasteiger partial charge in [-0.3, -0.25) is 9.10 Å². The highest BCUT2D eigenvalue weighted by atomic mass is 32.2. The molecule has 0 aromatic heterocycles. The number of amides is 1. The zero-order valence-corrected chi connectivity index (χ0v) is 16.5. The van der Waals surface area contributed by atoms with Crippen LogP contribution >= 0.6 is 0 Å². The van der Waals surface area contributed by atoms with Crippen molar-refractivity contribution in [2.75, 3.05) is 10.6 Å². The molecule has 0 radical (unpaired) electrons. The maximum absolute atomic E-state index is 12.3. The molecule has 2 rings (SSSR count). The third kappa shape index (κ3) is 5.82. The minimum Gasteiger partial charge on any atom is -0.457 e. The average Bonchev–Trinajstić information content (AvgIpc) is 2.61. The Morgan fingerprint density at radius 3 is 2.11 bits per heavy atom. The number of hydrogen-bond donors (Lipinski definition) is 1. The van der Waals surface area contributed by atoms with Crippen molar-refractivity contribution in [1.29, 1.82) is 0 Å². The van der Waals surface area contributed by atoms with Crippen LogP contribution < -0.4 is 14.5 Å². The summed E-state index contributed by atoms with van der Waals surface area (Å²) in [6.45, 7) is 4.96. The summed E-state index contributed by atoms with van der Waals surface area (Å²) in [5.74, 6) is 0.707. The molecule has 1 amide bonds. The lowest BCUT2D eigenvalue weighted by atomic mass is 10.2. The van der Waals surface area contributed by atoms with E-state index < -0.39 is 22.0 Å². The van der Waals surface area contributed by atoms with Crippen LogP contribution in [0, 0.1) is 0 Å². The lowest BCUT2D eigenvalue weighted by Crippen LogP contribution is -2.46. The number of carbonyl (C=O) groups is 1. The molecule has 2 aromatic carbocycles. The SMILES string of the molecule is CC(C)=NNC(=O)[C@H](C)N(c1ccc(Oc2ccccc2)cc1)S(C)(=O)=O. The first-order valence-corrected chi connectivity index (χ1v) is 10.2. The van der Waals surface area contributed by atoms with Crippen LogP contribution in [0.3, 0.4) is 0 Å². The van der Waals surface area contributed by atoms with Gasteiger partial charge in [0.2, 0.25) is 10.0 Å². The van der Waals surface area contributed by atoms with Crippen molar-refractivity contribution in [3.8, 4) is 11.5 Å². The Morgan fingerprint density at radius 2 is 1.59 bits per heavy atom. The molecule has 0 spiro atoms. The maximum Gasteiger partial charge on any atom is 0.263 e. The molecule has 0 aliphatic carbocycles. The summed E-state index contributed by atoms with van der Waals surface area (Å²) in [6.07, 6.45) is 1.06. The smallest absolute Gasteiger partial charge is 0.263 e. The molecule has 0 saturated heterocycles. The lowest BCUT2D eigenvalue weighted by Gasteiger charge is -2.27. The number of carbonyl (C=O) groups excluding carboxylic acids is 1. The van der Waals surface area contributed by atoms with Gasteiger partial charge in [0.15, 0.2) is 0 Å². The summed E-state index contributed by atoms with van der Waals surface area (Å²) in [7, 11) is -3.69. The highest BCUT2D eigenvalue weighted by Gasteiger charge is 2.29. The molecule has 8 heteroatoms. The van der Waals surface area contributed by atoms with Gasteiger partial charge in [0.25, 0.3) is 5.91 Å². The second-order valence-electron chi connectivity index (χ2n) is 6.18. The predicted molar refractivity (Wildman–Crippen MR) is 107 cm³/mol. The van der Waals surface area contributed by atoms with Gasteiger partial charge in [0.05, 0.1) is 11.9 Å². The van der Waals surface area contributed by atoms with Crippen molar-refractivity contribution in [2.24, 2.45) is 5.10 Å². The molecule has 0 heterocycles. The molecule has 0 aliphatic heterocycles. The van der Waals surface area contributed by atoms with Crippen LogP contribution in [-0.2, 0) is 14.8 Å². The number of hydrazone groups is 1. The molecule has 144 valence electrons. The first kappa shape index (κ1) is 20.4. The van der Waals surface area contributed by atoms with Gasteiger partial charge in [-0.05, 0) is 57.2 Å². The van der Waals surface area contributed by atoms with Gasteiger partial charge in [0.1, 0.15) is 17.5 Å². The van der Waals surface area contributed by atoms with E-state index in [1.54, 1.807) is 38.1 Å². The molecule has 7 nitrogen and oxygen atoms in total. The fourth-order valence-corrected chi connectivity index (χ4v) is 3.53. The number of ether oxygens (including phenoxy) is 1. The van der Waals surface area contributed by atoms with Gasteiger partial charge < -0.3 is 4.74 Å². The summed E-state index contributed by atoms with van der Waals surface area (Å²) in [6, 6.07) is 14.8. The summed E-state index contributed by atoms with van der Waals surface area (Å²) < 4.78 is 31.3. The zero-order valence-electron chi connectivity index (χ0n) is 15.7. The van der Waals surface area contributed by atoms with Crippen LogP contribution in [0.1, 0.15) is 20.8 Å². The highest BCUT2D eigenvalue weighted by molar-refractivity contribution is 7.92. The van der Waals surface area contributed by atoms with E-state index in [9.17, 15) is 13.2 Å². The number of para-hydroxylation sites is 1. The molecule has 2 aromatic rings. The average molecular weight is 389 g/mol. The molecule has 0 fully saturated rings. The molecule has 0 unspecified atom stereocenters. The van der Waals surface area contributed by atoms with Gasteiger partial charge in [-0.2, -0.15) is 5.10 Å². The van der Waals surface area contributed by atoms with E-state index in [0.717, 1.165) is 10.6 Å². The van der Waals surface area contributed by atoms with E-state index in [2.05, 4.69) is 10.5 Å². The number of sulfonamides is 1. The van der Waals surface area contributed by atoms with Gasteiger partial charge in [-0.15, -0.1) is 0 Å². The standard InChI is InChI=1S/C19H23N3O4S/c1-14(2)20-21-19(23)15(3)22(27(4,24)25)16-10-12-18(13-11-16)26-17-8-6-5-7-9-17/h5-13,15H,1-4H3,(H,21,23)/t15-/m0/s1. The van der Waals surface area contributed by atoms with Crippen molar-refractivity contribution in [3.63, 3.8) is 0 Å². The second kappa shape index (κ2) is 8.68. The predicted octanol–water partition coefficient (Wildman–Crippen LogP) is 3.15. The topological polar surface area (TPSA) is 88.1 Å². The van der Waals surface area contributed by atoms with Gasteiger partial charge >= 0.3 is 0 Å². The molecular formula is C19H23N3O4S. The van der Waals surface area contributed by atoms with E-state index in [1.165, 1.54) is 6.92 Å². The van der Waals surface area contributed by atoms with Crippen molar-refractivity contribution in [1.82, 2.24) is 5.43 Å². The van der Waals surface area contributed by atoms with Crippen LogP contribution in [-0.4, -0.2) is 32.3 Å². The number of hydrogen-bond acceptors (Lipinski definition) is 5. The third-order valence-electron chi connectivity index (χ3n) is 3.55. The molecule has 27 heavy (non-hydrogen) atoms. The van der Waals surface area contributed by atoms with E-state index in [1.807, 2.05) is 30.3 Å². The van der Waals surface area contributed by atoms with Gasteiger partial charge in [-0.1, -0.05) is 18.2 Å². The monoisotopic (exact) mass is 389 g/mol. The Kier molecular flexibility index (Phi) is 6.57. The molecule has 1 N–H and O–H groups in total. The molecule has 0 bridgehead atoms. The Labute approximate surface area is 159 Å². The van der Waals surface area contributed by atoms with Crippen LogP contribution in [0.25, 0.3) is 0 Å². The quantitative estimate of drug-likeness (QED) is 0.582. The molecular weight excluding hydrogens is 366 g/mol. The Bertz CT molecular complexity index is 906. The summed E-state index contributed by atoms with van der Waals surface area (Å²) in [4.78, 5) is 12.3. The van der Waals surface area contributed by atoms with Crippen molar-refractivity contribution in [2.45, 2.75) is 26.8 Å². The third-order valence-corrected chi connectivity index (χ3v) is 4.79. The number of rotatable bonds is 7. The largest absolute Gasteiger partial charge is 0.457 e. The highest BCUT2D eigenvalue weighted by Crippen LogP contribution is 2.26. The fraction of sp³-hybridized carbons (Fsp3) is 0.263. The van der Waals surface area contributed by atoms with Crippen LogP contribution in [0.2, 0.25) is 0 Å². The normalized spacial score (nSPS) is 12.0. The van der Waals surface area contributed by atoms with Crippen molar-refractivity contribution < 1.29 is 17.9 Å². The molecule has 0 saturated carbocycles. The first-order valence-electron chi connectivity index (χ1n) is 8.31. The Balaban J connectivity index is 2.24. The molecule has 0 aliphatic rings. The van der Waals surface area contributed by atoms with Gasteiger partial charge in [0, 0.05) is 5.71 Å². The van der Waals surface area contributed by atoms with E-state index >= 15 is 0 Å². The maximum atomic E-state index is 12.3. The van der Waals surface area contributed by atoms with Crippen LogP contribution in [0.4, 0.5) is 5.69 Å². The van der Waals surface area contributed by atoms with Crippen LogP contribution in [0.15, 0.2) is 59.7 Å². The summed E-state index contributed by atoms with van der Waals surface area (Å²) in [5, 5.41) is 3.84. The lowest BCUT2D eigenvalue weighted by molar-refractivity contribution is -0.121.